The summed E-state index contributed by atoms with van der Waals surface area (Å²) in [5.74, 6) is 0.263. The highest BCUT2D eigenvalue weighted by Gasteiger charge is 2.13. The van der Waals surface area contributed by atoms with Crippen LogP contribution in [0.5, 0.6) is 6.01 Å². The Morgan fingerprint density at radius 3 is 2.59 bits per heavy atom. The molecule has 1 aromatic carbocycles. The van der Waals surface area contributed by atoms with Gasteiger partial charge in [0.15, 0.2) is 12.4 Å². The molecule has 0 saturated carbocycles. The van der Waals surface area contributed by atoms with Crippen molar-refractivity contribution >= 4 is 5.97 Å². The van der Waals surface area contributed by atoms with Crippen molar-refractivity contribution in [2.24, 2.45) is 7.05 Å². The van der Waals surface area contributed by atoms with Gasteiger partial charge in [0.05, 0.1) is 6.61 Å². The van der Waals surface area contributed by atoms with Crippen LogP contribution in [0.3, 0.4) is 0 Å². The predicted octanol–water partition coefficient (Wildman–Crippen LogP) is 2.76. The van der Waals surface area contributed by atoms with Gasteiger partial charge < -0.3 is 9.47 Å². The molecular weight excluding hydrogens is 282 g/mol. The number of aromatic nitrogens is 3. The van der Waals surface area contributed by atoms with E-state index < -0.39 is 5.97 Å². The number of hydrogen-bond acceptors (Lipinski definition) is 5. The predicted molar refractivity (Wildman–Crippen MR) is 84.7 cm³/mol. The molecule has 0 radical (unpaired) electrons. The lowest BCUT2D eigenvalue weighted by Gasteiger charge is -2.02. The number of esters is 1. The van der Waals surface area contributed by atoms with Crippen LogP contribution in [0.2, 0.25) is 0 Å². The minimum absolute atomic E-state index is 0.166. The smallest absolute Gasteiger partial charge is 0.344 e. The molecule has 0 spiro atoms. The molecule has 6 heteroatoms. The summed E-state index contributed by atoms with van der Waals surface area (Å²) in [7, 11) is 1.78. The standard InChI is InChI=1S/C14H17N3O3.C2H6/c1-4-19-12(18)9-20-14-15-13(17(3)16-14)11-8-6-5-7-10(11)2;1-2/h5-8H,4,9H2,1-3H3;1-2H3. The van der Waals surface area contributed by atoms with E-state index in [0.717, 1.165) is 11.1 Å². The molecule has 0 aliphatic carbocycles. The molecule has 0 saturated heterocycles. The highest BCUT2D eigenvalue weighted by atomic mass is 16.6. The molecule has 0 unspecified atom stereocenters. The average Bonchev–Trinajstić information content (AvgIpc) is 2.89. The fraction of sp³-hybridized carbons (Fsp3) is 0.438. The van der Waals surface area contributed by atoms with Crippen LogP contribution in [0.1, 0.15) is 26.3 Å². The number of aryl methyl sites for hydroxylation is 2. The molecule has 0 aliphatic rings. The van der Waals surface area contributed by atoms with Crippen molar-refractivity contribution in [2.45, 2.75) is 27.7 Å². The Labute approximate surface area is 131 Å². The van der Waals surface area contributed by atoms with Gasteiger partial charge in [-0.25, -0.2) is 9.48 Å². The highest BCUT2D eigenvalue weighted by molar-refractivity contribution is 5.71. The molecule has 22 heavy (non-hydrogen) atoms. The Morgan fingerprint density at radius 1 is 1.27 bits per heavy atom. The maximum atomic E-state index is 11.2. The molecule has 2 rings (SSSR count). The summed E-state index contributed by atoms with van der Waals surface area (Å²) in [6, 6.07) is 8.04. The van der Waals surface area contributed by atoms with Crippen LogP contribution in [0, 0.1) is 6.92 Å². The monoisotopic (exact) mass is 305 g/mol. The lowest BCUT2D eigenvalue weighted by molar-refractivity contribution is -0.145. The van der Waals surface area contributed by atoms with E-state index in [4.69, 9.17) is 9.47 Å². The fourth-order valence-corrected chi connectivity index (χ4v) is 1.81. The Morgan fingerprint density at radius 2 is 1.95 bits per heavy atom. The van der Waals surface area contributed by atoms with E-state index in [1.54, 1.807) is 18.7 Å². The Balaban J connectivity index is 0.00000116. The van der Waals surface area contributed by atoms with Gasteiger partial charge in [-0.1, -0.05) is 38.1 Å². The van der Waals surface area contributed by atoms with Crippen molar-refractivity contribution in [3.05, 3.63) is 29.8 Å². The van der Waals surface area contributed by atoms with Crippen molar-refractivity contribution in [2.75, 3.05) is 13.2 Å². The van der Waals surface area contributed by atoms with Gasteiger partial charge in [-0.3, -0.25) is 0 Å². The third kappa shape index (κ3) is 4.58. The molecule has 0 bridgehead atoms. The van der Waals surface area contributed by atoms with Crippen molar-refractivity contribution in [1.29, 1.82) is 0 Å². The van der Waals surface area contributed by atoms with E-state index in [1.807, 2.05) is 45.0 Å². The lowest BCUT2D eigenvalue weighted by atomic mass is 10.1. The molecule has 0 atom stereocenters. The second-order valence-electron chi connectivity index (χ2n) is 4.25. The summed E-state index contributed by atoms with van der Waals surface area (Å²) in [5.41, 5.74) is 2.08. The SMILES string of the molecule is CC.CCOC(=O)COc1nc(-c2ccccc2C)n(C)n1. The summed E-state index contributed by atoms with van der Waals surface area (Å²) in [6.07, 6.45) is 0. The number of nitrogens with zero attached hydrogens (tertiary/aromatic N) is 3. The zero-order valence-corrected chi connectivity index (χ0v) is 13.8. The molecule has 1 aromatic heterocycles. The first-order valence-corrected chi connectivity index (χ1v) is 7.37. The zero-order chi connectivity index (χ0) is 16.5. The Bertz CT molecular complexity index is 608. The molecule has 120 valence electrons. The van der Waals surface area contributed by atoms with Crippen LogP contribution < -0.4 is 4.74 Å². The minimum atomic E-state index is -0.433. The van der Waals surface area contributed by atoms with Crippen LogP contribution in [-0.4, -0.2) is 33.9 Å². The topological polar surface area (TPSA) is 66.2 Å². The molecular formula is C16H23N3O3. The van der Waals surface area contributed by atoms with E-state index in [-0.39, 0.29) is 12.6 Å². The van der Waals surface area contributed by atoms with Gasteiger partial charge in [0.25, 0.3) is 0 Å². The third-order valence-corrected chi connectivity index (χ3v) is 2.75. The van der Waals surface area contributed by atoms with Gasteiger partial charge in [-0.2, -0.15) is 4.98 Å². The van der Waals surface area contributed by atoms with E-state index >= 15 is 0 Å². The van der Waals surface area contributed by atoms with Crippen LogP contribution >= 0.6 is 0 Å². The van der Waals surface area contributed by atoms with E-state index in [2.05, 4.69) is 10.1 Å². The molecule has 0 fully saturated rings. The van der Waals surface area contributed by atoms with Crippen LogP contribution in [0.15, 0.2) is 24.3 Å². The first-order valence-electron chi connectivity index (χ1n) is 7.37. The molecule has 6 nitrogen and oxygen atoms in total. The van der Waals surface area contributed by atoms with Crippen LogP contribution in [0.4, 0.5) is 0 Å². The van der Waals surface area contributed by atoms with E-state index in [9.17, 15) is 4.79 Å². The van der Waals surface area contributed by atoms with Gasteiger partial charge in [0, 0.05) is 12.6 Å². The number of hydrogen-bond donors (Lipinski definition) is 0. The maximum absolute atomic E-state index is 11.2. The van der Waals surface area contributed by atoms with Crippen LogP contribution in [-0.2, 0) is 16.6 Å². The van der Waals surface area contributed by atoms with Gasteiger partial charge >= 0.3 is 12.0 Å². The third-order valence-electron chi connectivity index (χ3n) is 2.75. The van der Waals surface area contributed by atoms with Gasteiger partial charge in [-0.05, 0) is 19.4 Å². The quantitative estimate of drug-likeness (QED) is 0.795. The molecule has 1 heterocycles. The molecule has 0 aliphatic heterocycles. The molecule has 0 amide bonds. The normalized spacial score (nSPS) is 9.68. The number of carbonyl (C=O) groups excluding carboxylic acids is 1. The Hall–Kier alpha value is -2.37. The largest absolute Gasteiger partial charge is 0.463 e. The first-order chi connectivity index (χ1) is 10.6. The van der Waals surface area contributed by atoms with Gasteiger partial charge in [-0.15, -0.1) is 5.10 Å². The maximum Gasteiger partial charge on any atom is 0.344 e. The minimum Gasteiger partial charge on any atom is -0.463 e. The van der Waals surface area contributed by atoms with E-state index in [0.29, 0.717) is 12.4 Å². The van der Waals surface area contributed by atoms with Gasteiger partial charge in [0.2, 0.25) is 0 Å². The van der Waals surface area contributed by atoms with Crippen molar-refractivity contribution in [3.8, 4) is 17.4 Å². The van der Waals surface area contributed by atoms with Crippen LogP contribution in [0.25, 0.3) is 11.4 Å². The summed E-state index contributed by atoms with van der Waals surface area (Å²) >= 11 is 0. The second kappa shape index (κ2) is 8.81. The zero-order valence-electron chi connectivity index (χ0n) is 13.8. The Kier molecular flexibility index (Phi) is 7.08. The summed E-state index contributed by atoms with van der Waals surface area (Å²) in [4.78, 5) is 15.5. The van der Waals surface area contributed by atoms with E-state index in [1.165, 1.54) is 0 Å². The first kappa shape index (κ1) is 17.7. The fourth-order valence-electron chi connectivity index (χ4n) is 1.81. The molecule has 2 aromatic rings. The summed E-state index contributed by atoms with van der Waals surface area (Å²) in [5, 5.41) is 4.14. The van der Waals surface area contributed by atoms with Gasteiger partial charge in [0.1, 0.15) is 0 Å². The molecule has 0 N–H and O–H groups in total. The highest BCUT2D eigenvalue weighted by Crippen LogP contribution is 2.22. The van der Waals surface area contributed by atoms with Crippen molar-refractivity contribution in [1.82, 2.24) is 14.8 Å². The average molecular weight is 305 g/mol. The van der Waals surface area contributed by atoms with Crippen molar-refractivity contribution < 1.29 is 14.3 Å². The second-order valence-corrected chi connectivity index (χ2v) is 4.25. The number of ether oxygens (including phenoxy) is 2. The summed E-state index contributed by atoms with van der Waals surface area (Å²) in [6.45, 7) is 7.88. The van der Waals surface area contributed by atoms with Crippen molar-refractivity contribution in [3.63, 3.8) is 0 Å². The lowest BCUT2D eigenvalue weighted by Crippen LogP contribution is -2.15. The number of benzene rings is 1. The number of carbonyl (C=O) groups is 1. The summed E-state index contributed by atoms with van der Waals surface area (Å²) < 4.78 is 11.6. The number of rotatable bonds is 5.